The Labute approximate surface area is 198 Å². The summed E-state index contributed by atoms with van der Waals surface area (Å²) < 4.78 is 7.14. The van der Waals surface area contributed by atoms with Crippen molar-refractivity contribution in [2.24, 2.45) is 4.99 Å². The number of amides is 2. The highest BCUT2D eigenvalue weighted by atomic mass is 32.1. The predicted octanol–water partition coefficient (Wildman–Crippen LogP) is 4.62. The van der Waals surface area contributed by atoms with Gasteiger partial charge in [-0.25, -0.2) is 0 Å². The lowest BCUT2D eigenvalue weighted by molar-refractivity contribution is -0.119. The first-order chi connectivity index (χ1) is 16.0. The third kappa shape index (κ3) is 5.09. The number of para-hydroxylation sites is 1. The standard InChI is InChI=1S/C26H29N3O3S/c1-18(2)29(20-9-5-4-6-10-20)24(30)17-28-22-11-7-8-12-23(22)33-26(28)27-25(31)19-13-15-21(32-3)16-14-19/h4-6,9-10,13-16,18H,7-8,11-12,17H2,1-3H3. The van der Waals surface area contributed by atoms with Crippen LogP contribution in [0.4, 0.5) is 5.69 Å². The van der Waals surface area contributed by atoms with Gasteiger partial charge in [0.15, 0.2) is 4.80 Å². The van der Waals surface area contributed by atoms with E-state index < -0.39 is 0 Å². The second kappa shape index (κ2) is 10.2. The van der Waals surface area contributed by atoms with Crippen molar-refractivity contribution in [2.45, 2.75) is 52.1 Å². The molecular formula is C26H29N3O3S. The van der Waals surface area contributed by atoms with Crippen molar-refractivity contribution in [1.82, 2.24) is 4.57 Å². The van der Waals surface area contributed by atoms with E-state index in [0.29, 0.717) is 16.1 Å². The first-order valence-electron chi connectivity index (χ1n) is 11.3. The number of anilines is 1. The number of ether oxygens (including phenoxy) is 1. The summed E-state index contributed by atoms with van der Waals surface area (Å²) >= 11 is 1.53. The molecule has 0 bridgehead atoms. The molecule has 0 saturated heterocycles. The number of aryl methyl sites for hydroxylation is 1. The monoisotopic (exact) mass is 463 g/mol. The van der Waals surface area contributed by atoms with Crippen molar-refractivity contribution in [3.8, 4) is 5.75 Å². The smallest absolute Gasteiger partial charge is 0.279 e. The third-order valence-corrected chi connectivity index (χ3v) is 6.99. The molecule has 3 aromatic rings. The van der Waals surface area contributed by atoms with E-state index in [-0.39, 0.29) is 24.4 Å². The fourth-order valence-electron chi connectivity index (χ4n) is 4.20. The molecule has 0 unspecified atom stereocenters. The Morgan fingerprint density at radius 2 is 1.76 bits per heavy atom. The van der Waals surface area contributed by atoms with Crippen LogP contribution in [-0.2, 0) is 24.2 Å². The van der Waals surface area contributed by atoms with Gasteiger partial charge in [0, 0.05) is 27.9 Å². The van der Waals surface area contributed by atoms with E-state index in [2.05, 4.69) is 4.99 Å². The van der Waals surface area contributed by atoms with E-state index in [1.165, 1.54) is 16.2 Å². The Bertz CT molecular complexity index is 1190. The summed E-state index contributed by atoms with van der Waals surface area (Å²) in [7, 11) is 1.59. The van der Waals surface area contributed by atoms with Gasteiger partial charge >= 0.3 is 0 Å². The quantitative estimate of drug-likeness (QED) is 0.536. The SMILES string of the molecule is COc1ccc(C(=O)N=c2sc3c(n2CC(=O)N(c2ccccc2)C(C)C)CCCC3)cc1. The second-order valence-electron chi connectivity index (χ2n) is 8.39. The van der Waals surface area contributed by atoms with Gasteiger partial charge in [-0.2, -0.15) is 4.99 Å². The normalized spacial score (nSPS) is 13.6. The Hall–Kier alpha value is -3.19. The summed E-state index contributed by atoms with van der Waals surface area (Å²) in [6.45, 7) is 4.18. The third-order valence-electron chi connectivity index (χ3n) is 5.81. The number of rotatable bonds is 6. The van der Waals surface area contributed by atoms with Crippen LogP contribution in [0.3, 0.4) is 0 Å². The molecule has 1 aromatic heterocycles. The molecular weight excluding hydrogens is 434 g/mol. The molecule has 0 spiro atoms. The summed E-state index contributed by atoms with van der Waals surface area (Å²) in [6, 6.07) is 16.6. The maximum absolute atomic E-state index is 13.5. The molecule has 0 radical (unpaired) electrons. The van der Waals surface area contributed by atoms with E-state index in [4.69, 9.17) is 4.74 Å². The number of hydrogen-bond donors (Lipinski definition) is 0. The van der Waals surface area contributed by atoms with Crippen molar-refractivity contribution in [3.63, 3.8) is 0 Å². The molecule has 0 saturated carbocycles. The molecule has 172 valence electrons. The minimum atomic E-state index is -0.318. The van der Waals surface area contributed by atoms with Crippen molar-refractivity contribution < 1.29 is 14.3 Å². The highest BCUT2D eigenvalue weighted by Gasteiger charge is 2.24. The van der Waals surface area contributed by atoms with Gasteiger partial charge in [0.1, 0.15) is 12.3 Å². The van der Waals surface area contributed by atoms with Gasteiger partial charge in [0.2, 0.25) is 5.91 Å². The van der Waals surface area contributed by atoms with E-state index in [9.17, 15) is 9.59 Å². The maximum atomic E-state index is 13.5. The van der Waals surface area contributed by atoms with Crippen LogP contribution in [0.5, 0.6) is 5.75 Å². The topological polar surface area (TPSA) is 63.9 Å². The fourth-order valence-corrected chi connectivity index (χ4v) is 5.41. The van der Waals surface area contributed by atoms with Gasteiger partial charge in [-0.05, 0) is 75.9 Å². The lowest BCUT2D eigenvalue weighted by atomic mass is 10.0. The highest BCUT2D eigenvalue weighted by Crippen LogP contribution is 2.25. The second-order valence-corrected chi connectivity index (χ2v) is 9.45. The molecule has 33 heavy (non-hydrogen) atoms. The number of aromatic nitrogens is 1. The zero-order chi connectivity index (χ0) is 23.4. The van der Waals surface area contributed by atoms with Crippen LogP contribution in [0, 0.1) is 0 Å². The molecule has 1 aliphatic carbocycles. The average molecular weight is 464 g/mol. The van der Waals surface area contributed by atoms with Gasteiger partial charge in [0.25, 0.3) is 5.91 Å². The van der Waals surface area contributed by atoms with Crippen LogP contribution < -0.4 is 14.4 Å². The average Bonchev–Trinajstić information content (AvgIpc) is 3.16. The number of methoxy groups -OCH3 is 1. The first-order valence-corrected chi connectivity index (χ1v) is 12.1. The lowest BCUT2D eigenvalue weighted by Crippen LogP contribution is -2.41. The largest absolute Gasteiger partial charge is 0.497 e. The Morgan fingerprint density at radius 1 is 1.06 bits per heavy atom. The van der Waals surface area contributed by atoms with Gasteiger partial charge in [-0.1, -0.05) is 18.2 Å². The molecule has 0 aliphatic heterocycles. The molecule has 7 heteroatoms. The minimum Gasteiger partial charge on any atom is -0.497 e. The number of carbonyl (C=O) groups excluding carboxylic acids is 2. The number of carbonyl (C=O) groups is 2. The molecule has 6 nitrogen and oxygen atoms in total. The molecule has 1 heterocycles. The Balaban J connectivity index is 1.70. The number of hydrogen-bond acceptors (Lipinski definition) is 4. The minimum absolute atomic E-state index is 0.0104. The van der Waals surface area contributed by atoms with Crippen molar-refractivity contribution in [1.29, 1.82) is 0 Å². The van der Waals surface area contributed by atoms with E-state index in [1.807, 2.05) is 53.6 Å². The van der Waals surface area contributed by atoms with Gasteiger partial charge in [0.05, 0.1) is 7.11 Å². The molecule has 0 atom stereocenters. The summed E-state index contributed by atoms with van der Waals surface area (Å²) in [5.74, 6) is 0.357. The van der Waals surface area contributed by atoms with Crippen LogP contribution in [-0.4, -0.2) is 29.5 Å². The van der Waals surface area contributed by atoms with Crippen LogP contribution in [0.25, 0.3) is 0 Å². The molecule has 1 aliphatic rings. The van der Waals surface area contributed by atoms with E-state index in [1.54, 1.807) is 31.4 Å². The van der Waals surface area contributed by atoms with Crippen molar-refractivity contribution in [3.05, 3.63) is 75.5 Å². The lowest BCUT2D eigenvalue weighted by Gasteiger charge is -2.27. The van der Waals surface area contributed by atoms with Crippen molar-refractivity contribution >= 4 is 28.8 Å². The van der Waals surface area contributed by atoms with Gasteiger partial charge < -0.3 is 14.2 Å². The number of fused-ring (bicyclic) bond motifs is 1. The van der Waals surface area contributed by atoms with Gasteiger partial charge in [-0.15, -0.1) is 11.3 Å². The van der Waals surface area contributed by atoms with Crippen molar-refractivity contribution in [2.75, 3.05) is 12.0 Å². The number of thiazole rings is 1. The summed E-state index contributed by atoms with van der Waals surface area (Å²) in [4.78, 5) is 34.5. The molecule has 2 amide bonds. The molecule has 2 aromatic carbocycles. The highest BCUT2D eigenvalue weighted by molar-refractivity contribution is 7.09. The van der Waals surface area contributed by atoms with Gasteiger partial charge in [-0.3, -0.25) is 9.59 Å². The zero-order valence-electron chi connectivity index (χ0n) is 19.3. The van der Waals surface area contributed by atoms with Crippen LogP contribution in [0.1, 0.15) is 47.6 Å². The summed E-state index contributed by atoms with van der Waals surface area (Å²) in [5, 5.41) is 0. The number of benzene rings is 2. The zero-order valence-corrected chi connectivity index (χ0v) is 20.1. The van der Waals surface area contributed by atoms with E-state index in [0.717, 1.165) is 37.1 Å². The van der Waals surface area contributed by atoms with Crippen LogP contribution in [0.15, 0.2) is 59.6 Å². The maximum Gasteiger partial charge on any atom is 0.279 e. The van der Waals surface area contributed by atoms with Crippen LogP contribution >= 0.6 is 11.3 Å². The molecule has 4 rings (SSSR count). The summed E-state index contributed by atoms with van der Waals surface area (Å²) in [6.07, 6.45) is 4.07. The van der Waals surface area contributed by atoms with E-state index >= 15 is 0 Å². The van der Waals surface area contributed by atoms with Crippen LogP contribution in [0.2, 0.25) is 0 Å². The Kier molecular flexibility index (Phi) is 7.08. The summed E-state index contributed by atoms with van der Waals surface area (Å²) in [5.41, 5.74) is 2.50. The first kappa shape index (κ1) is 23.0. The predicted molar refractivity (Wildman–Crippen MR) is 131 cm³/mol. The molecule has 0 fully saturated rings. The molecule has 0 N–H and O–H groups in total. The Morgan fingerprint density at radius 3 is 2.42 bits per heavy atom. The fraction of sp³-hybridized carbons (Fsp3) is 0.346. The number of nitrogens with zero attached hydrogens (tertiary/aromatic N) is 3.